The van der Waals surface area contributed by atoms with Gasteiger partial charge in [0.05, 0.1) is 5.75 Å². The van der Waals surface area contributed by atoms with Crippen LogP contribution in [0, 0.1) is 0 Å². The molecular weight excluding hydrogens is 428 g/mol. The molecule has 0 aliphatic heterocycles. The molecule has 0 saturated heterocycles. The lowest BCUT2D eigenvalue weighted by Gasteiger charge is -2.14. The third kappa shape index (κ3) is 5.33. The van der Waals surface area contributed by atoms with Crippen molar-refractivity contribution in [3.8, 4) is 5.75 Å². The number of carbonyl (C=O) groups excluding carboxylic acids is 1. The molecule has 0 fully saturated rings. The summed E-state index contributed by atoms with van der Waals surface area (Å²) in [5.74, 6) is 1.62. The number of benzene rings is 2. The molecule has 1 atom stereocenters. The molecule has 3 rings (SSSR count). The highest BCUT2D eigenvalue weighted by Gasteiger charge is 2.18. The number of nitrogens with one attached hydrogen (secondary N) is 1. The van der Waals surface area contributed by atoms with E-state index in [1.165, 1.54) is 11.8 Å². The minimum absolute atomic E-state index is 0.101. The Morgan fingerprint density at radius 2 is 2.00 bits per heavy atom. The van der Waals surface area contributed by atoms with E-state index in [4.69, 9.17) is 4.74 Å². The van der Waals surface area contributed by atoms with Crippen molar-refractivity contribution in [3.05, 3.63) is 64.9 Å². The summed E-state index contributed by atoms with van der Waals surface area (Å²) in [7, 11) is 1.87. The molecule has 0 aliphatic rings. The number of carbonyl (C=O) groups is 1. The van der Waals surface area contributed by atoms with Crippen LogP contribution in [-0.2, 0) is 11.8 Å². The second-order valence-corrected chi connectivity index (χ2v) is 7.68. The summed E-state index contributed by atoms with van der Waals surface area (Å²) in [5.41, 5.74) is 0.749. The highest BCUT2D eigenvalue weighted by molar-refractivity contribution is 9.10. The SMILES string of the molecule is CC(Oc1ccccc1)c1nnc(SCC(=O)Nc2cccc(Br)c2)n1C. The van der Waals surface area contributed by atoms with Crippen molar-refractivity contribution in [1.82, 2.24) is 14.8 Å². The monoisotopic (exact) mass is 446 g/mol. The number of anilines is 1. The van der Waals surface area contributed by atoms with Gasteiger partial charge in [-0.3, -0.25) is 4.79 Å². The van der Waals surface area contributed by atoms with E-state index < -0.39 is 0 Å². The molecule has 3 aromatic rings. The van der Waals surface area contributed by atoms with E-state index in [9.17, 15) is 4.79 Å². The summed E-state index contributed by atoms with van der Waals surface area (Å²) in [6, 6.07) is 17.0. The molecule has 6 nitrogen and oxygen atoms in total. The number of rotatable bonds is 7. The molecule has 8 heteroatoms. The summed E-state index contributed by atoms with van der Waals surface area (Å²) >= 11 is 4.72. The number of hydrogen-bond donors (Lipinski definition) is 1. The molecule has 0 saturated carbocycles. The Morgan fingerprint density at radius 1 is 1.22 bits per heavy atom. The zero-order valence-electron chi connectivity index (χ0n) is 14.9. The van der Waals surface area contributed by atoms with Crippen LogP contribution in [0.1, 0.15) is 18.9 Å². The molecule has 1 heterocycles. The predicted molar refractivity (Wildman–Crippen MR) is 110 cm³/mol. The Hall–Kier alpha value is -2.32. The van der Waals surface area contributed by atoms with Crippen LogP contribution < -0.4 is 10.1 Å². The third-order valence-electron chi connectivity index (χ3n) is 3.73. The first-order valence-corrected chi connectivity index (χ1v) is 10.1. The van der Waals surface area contributed by atoms with E-state index >= 15 is 0 Å². The van der Waals surface area contributed by atoms with Crippen molar-refractivity contribution in [3.63, 3.8) is 0 Å². The van der Waals surface area contributed by atoms with Gasteiger partial charge in [0, 0.05) is 17.2 Å². The maximum absolute atomic E-state index is 12.2. The molecule has 1 amide bonds. The second kappa shape index (κ2) is 9.05. The number of nitrogens with zero attached hydrogens (tertiary/aromatic N) is 3. The quantitative estimate of drug-likeness (QED) is 0.542. The summed E-state index contributed by atoms with van der Waals surface area (Å²) in [6.07, 6.45) is -0.255. The lowest BCUT2D eigenvalue weighted by Crippen LogP contribution is -2.14. The van der Waals surface area contributed by atoms with Gasteiger partial charge in [-0.05, 0) is 37.3 Å². The average molecular weight is 447 g/mol. The molecule has 1 N–H and O–H groups in total. The summed E-state index contributed by atoms with van der Waals surface area (Å²) in [6.45, 7) is 1.92. The van der Waals surface area contributed by atoms with Crippen LogP contribution in [0.25, 0.3) is 0 Å². The highest BCUT2D eigenvalue weighted by atomic mass is 79.9. The van der Waals surface area contributed by atoms with Gasteiger partial charge >= 0.3 is 0 Å². The van der Waals surface area contributed by atoms with Gasteiger partial charge in [-0.15, -0.1) is 10.2 Å². The topological polar surface area (TPSA) is 69.0 Å². The van der Waals surface area contributed by atoms with E-state index in [0.29, 0.717) is 11.0 Å². The average Bonchev–Trinajstić information content (AvgIpc) is 3.01. The Balaban J connectivity index is 1.57. The smallest absolute Gasteiger partial charge is 0.234 e. The summed E-state index contributed by atoms with van der Waals surface area (Å²) in [5, 5.41) is 11.9. The fourth-order valence-electron chi connectivity index (χ4n) is 2.46. The van der Waals surface area contributed by atoms with Crippen LogP contribution in [0.4, 0.5) is 5.69 Å². The number of amides is 1. The van der Waals surface area contributed by atoms with Crippen molar-refractivity contribution >= 4 is 39.3 Å². The van der Waals surface area contributed by atoms with Crippen LogP contribution in [0.5, 0.6) is 5.75 Å². The molecule has 1 unspecified atom stereocenters. The van der Waals surface area contributed by atoms with Crippen LogP contribution in [-0.4, -0.2) is 26.4 Å². The minimum atomic E-state index is -0.255. The number of halogens is 1. The predicted octanol–water partition coefficient (Wildman–Crippen LogP) is 4.45. The van der Waals surface area contributed by atoms with Crippen molar-refractivity contribution in [1.29, 1.82) is 0 Å². The lowest BCUT2D eigenvalue weighted by atomic mass is 10.3. The minimum Gasteiger partial charge on any atom is -0.483 e. The van der Waals surface area contributed by atoms with Gasteiger partial charge < -0.3 is 14.6 Å². The maximum Gasteiger partial charge on any atom is 0.234 e. The highest BCUT2D eigenvalue weighted by Crippen LogP contribution is 2.23. The Labute approximate surface area is 170 Å². The molecular formula is C19H19BrN4O2S. The second-order valence-electron chi connectivity index (χ2n) is 5.82. The molecule has 2 aromatic carbocycles. The zero-order valence-corrected chi connectivity index (χ0v) is 17.3. The van der Waals surface area contributed by atoms with Crippen LogP contribution in [0.2, 0.25) is 0 Å². The zero-order chi connectivity index (χ0) is 19.2. The largest absolute Gasteiger partial charge is 0.483 e. The van der Waals surface area contributed by atoms with Gasteiger partial charge in [-0.2, -0.15) is 0 Å². The Morgan fingerprint density at radius 3 is 2.74 bits per heavy atom. The fraction of sp³-hybridized carbons (Fsp3) is 0.211. The molecule has 27 heavy (non-hydrogen) atoms. The van der Waals surface area contributed by atoms with Crippen molar-refractivity contribution in [2.45, 2.75) is 18.2 Å². The molecule has 0 radical (unpaired) electrons. The third-order valence-corrected chi connectivity index (χ3v) is 5.24. The van der Waals surface area contributed by atoms with Crippen molar-refractivity contribution in [2.75, 3.05) is 11.1 Å². The maximum atomic E-state index is 12.2. The summed E-state index contributed by atoms with van der Waals surface area (Å²) < 4.78 is 8.66. The number of aromatic nitrogens is 3. The van der Waals surface area contributed by atoms with Crippen LogP contribution in [0.3, 0.4) is 0 Å². The van der Waals surface area contributed by atoms with Gasteiger partial charge in [0.25, 0.3) is 0 Å². The van der Waals surface area contributed by atoms with Crippen LogP contribution >= 0.6 is 27.7 Å². The van der Waals surface area contributed by atoms with E-state index in [1.54, 1.807) is 0 Å². The number of hydrogen-bond acceptors (Lipinski definition) is 5. The standard InChI is InChI=1S/C19H19BrN4O2S/c1-13(26-16-9-4-3-5-10-16)18-22-23-19(24(18)2)27-12-17(25)21-15-8-6-7-14(20)11-15/h3-11,13H,12H2,1-2H3,(H,21,25). The molecule has 140 valence electrons. The summed E-state index contributed by atoms with van der Waals surface area (Å²) in [4.78, 5) is 12.2. The normalized spacial score (nSPS) is 11.8. The molecule has 0 bridgehead atoms. The Kier molecular flexibility index (Phi) is 6.52. The first-order chi connectivity index (χ1) is 13.0. The van der Waals surface area contributed by atoms with Crippen molar-refractivity contribution in [2.24, 2.45) is 7.05 Å². The van der Waals surface area contributed by atoms with Gasteiger partial charge in [-0.25, -0.2) is 0 Å². The van der Waals surface area contributed by atoms with Gasteiger partial charge in [0.1, 0.15) is 5.75 Å². The number of ether oxygens (including phenoxy) is 1. The molecule has 0 spiro atoms. The van der Waals surface area contributed by atoms with Crippen molar-refractivity contribution < 1.29 is 9.53 Å². The first kappa shape index (κ1) is 19.4. The number of thioether (sulfide) groups is 1. The van der Waals surface area contributed by atoms with E-state index in [2.05, 4.69) is 31.4 Å². The Bertz CT molecular complexity index is 917. The van der Waals surface area contributed by atoms with Gasteiger partial charge in [0.15, 0.2) is 17.1 Å². The van der Waals surface area contributed by atoms with E-state index in [0.717, 1.165) is 15.9 Å². The first-order valence-electron chi connectivity index (χ1n) is 8.32. The van der Waals surface area contributed by atoms with Gasteiger partial charge in [0.2, 0.25) is 5.91 Å². The number of para-hydroxylation sites is 1. The van der Waals surface area contributed by atoms with E-state index in [1.807, 2.05) is 73.1 Å². The van der Waals surface area contributed by atoms with Gasteiger partial charge in [-0.1, -0.05) is 52.0 Å². The van der Waals surface area contributed by atoms with E-state index in [-0.39, 0.29) is 17.8 Å². The fourth-order valence-corrected chi connectivity index (χ4v) is 3.57. The van der Waals surface area contributed by atoms with Crippen LogP contribution in [0.15, 0.2) is 64.2 Å². The lowest BCUT2D eigenvalue weighted by molar-refractivity contribution is -0.113. The molecule has 0 aliphatic carbocycles. The molecule has 1 aromatic heterocycles.